The van der Waals surface area contributed by atoms with Crippen molar-refractivity contribution in [2.24, 2.45) is 0 Å². The largest absolute Gasteiger partial charge is 0.474 e. The molecule has 0 aromatic carbocycles. The lowest BCUT2D eigenvalue weighted by Crippen LogP contribution is -2.39. The van der Waals surface area contributed by atoms with Gasteiger partial charge in [0.2, 0.25) is 5.88 Å². The number of aromatic nitrogens is 2. The lowest BCUT2D eigenvalue weighted by molar-refractivity contribution is 0.0939. The van der Waals surface area contributed by atoms with Crippen LogP contribution < -0.4 is 15.6 Å². The van der Waals surface area contributed by atoms with Crippen molar-refractivity contribution in [3.63, 3.8) is 0 Å². The summed E-state index contributed by atoms with van der Waals surface area (Å²) in [5, 5.41) is 2.89. The minimum atomic E-state index is -0.430. The Labute approximate surface area is 172 Å². The first-order valence-electron chi connectivity index (χ1n) is 10.6. The van der Waals surface area contributed by atoms with Crippen molar-refractivity contribution < 1.29 is 9.53 Å². The molecule has 2 aromatic heterocycles. The number of carbonyl (C=O) groups is 1. The molecule has 1 atom stereocenters. The summed E-state index contributed by atoms with van der Waals surface area (Å²) < 4.78 is 7.14. The van der Waals surface area contributed by atoms with Crippen LogP contribution in [-0.4, -0.2) is 52.0 Å². The van der Waals surface area contributed by atoms with E-state index < -0.39 is 11.5 Å². The Kier molecular flexibility index (Phi) is 6.90. The van der Waals surface area contributed by atoms with Gasteiger partial charge in [0.05, 0.1) is 6.10 Å². The van der Waals surface area contributed by atoms with Gasteiger partial charge in [0.1, 0.15) is 5.65 Å². The maximum Gasteiger partial charge on any atom is 0.274 e. The SMILES string of the molecule is Cc1cccn2c(=O)c(C(=O)NCCCN3CCCCC3C)c(OC(C)C)nc12. The summed E-state index contributed by atoms with van der Waals surface area (Å²) in [6, 6.07) is 4.25. The zero-order valence-electron chi connectivity index (χ0n) is 17.9. The maximum atomic E-state index is 13.0. The van der Waals surface area contributed by atoms with Gasteiger partial charge in [-0.1, -0.05) is 12.5 Å². The fraction of sp³-hybridized carbons (Fsp3) is 0.591. The number of pyridine rings is 1. The van der Waals surface area contributed by atoms with Gasteiger partial charge in [-0.05, 0) is 65.1 Å². The molecule has 1 amide bonds. The van der Waals surface area contributed by atoms with Crippen LogP contribution in [0.2, 0.25) is 0 Å². The number of rotatable bonds is 7. The summed E-state index contributed by atoms with van der Waals surface area (Å²) in [6.07, 6.45) is 6.06. The second-order valence-electron chi connectivity index (χ2n) is 8.14. The fourth-order valence-electron chi connectivity index (χ4n) is 3.84. The first-order valence-corrected chi connectivity index (χ1v) is 10.6. The highest BCUT2D eigenvalue weighted by Crippen LogP contribution is 2.18. The number of fused-ring (bicyclic) bond motifs is 1. The number of hydrogen-bond donors (Lipinski definition) is 1. The first-order chi connectivity index (χ1) is 13.9. The highest BCUT2D eigenvalue weighted by Gasteiger charge is 2.23. The van der Waals surface area contributed by atoms with E-state index in [2.05, 4.69) is 22.1 Å². The second kappa shape index (κ2) is 9.39. The van der Waals surface area contributed by atoms with Gasteiger partial charge >= 0.3 is 0 Å². The summed E-state index contributed by atoms with van der Waals surface area (Å²) in [7, 11) is 0. The Hall–Kier alpha value is -2.41. The van der Waals surface area contributed by atoms with Gasteiger partial charge in [0.15, 0.2) is 5.56 Å². The lowest BCUT2D eigenvalue weighted by atomic mass is 10.0. The molecule has 1 aliphatic rings. The molecule has 0 saturated carbocycles. The molecule has 2 aromatic rings. The van der Waals surface area contributed by atoms with Crippen LogP contribution in [0.15, 0.2) is 23.1 Å². The zero-order chi connectivity index (χ0) is 21.0. The van der Waals surface area contributed by atoms with Crippen molar-refractivity contribution in [1.29, 1.82) is 0 Å². The van der Waals surface area contributed by atoms with Crippen LogP contribution in [0.3, 0.4) is 0 Å². The van der Waals surface area contributed by atoms with E-state index in [1.54, 1.807) is 12.3 Å². The Bertz CT molecular complexity index is 922. The quantitative estimate of drug-likeness (QED) is 0.724. The highest BCUT2D eigenvalue weighted by atomic mass is 16.5. The smallest absolute Gasteiger partial charge is 0.274 e. The zero-order valence-corrected chi connectivity index (χ0v) is 17.9. The lowest BCUT2D eigenvalue weighted by Gasteiger charge is -2.33. The van der Waals surface area contributed by atoms with Crippen molar-refractivity contribution in [2.45, 2.75) is 65.5 Å². The molecule has 0 spiro atoms. The molecule has 1 saturated heterocycles. The van der Waals surface area contributed by atoms with Gasteiger partial charge in [-0.25, -0.2) is 0 Å². The average Bonchev–Trinajstić information content (AvgIpc) is 2.67. The van der Waals surface area contributed by atoms with E-state index in [0.717, 1.165) is 25.1 Å². The Morgan fingerprint density at radius 1 is 1.38 bits per heavy atom. The van der Waals surface area contributed by atoms with Crippen molar-refractivity contribution >= 4 is 11.6 Å². The summed E-state index contributed by atoms with van der Waals surface area (Å²) >= 11 is 0. The van der Waals surface area contributed by atoms with Crippen LogP contribution in [0.1, 0.15) is 62.4 Å². The molecule has 0 bridgehead atoms. The maximum absolute atomic E-state index is 13.0. The number of nitrogens with zero attached hydrogens (tertiary/aromatic N) is 3. The van der Waals surface area contributed by atoms with Crippen LogP contribution in [0.5, 0.6) is 5.88 Å². The molecule has 7 nitrogen and oxygen atoms in total. The van der Waals surface area contributed by atoms with Crippen LogP contribution in [-0.2, 0) is 0 Å². The Morgan fingerprint density at radius 3 is 2.90 bits per heavy atom. The third kappa shape index (κ3) is 4.96. The number of likely N-dealkylation sites (tertiary alicyclic amines) is 1. The van der Waals surface area contributed by atoms with Gasteiger partial charge < -0.3 is 15.0 Å². The van der Waals surface area contributed by atoms with E-state index in [4.69, 9.17) is 4.74 Å². The van der Waals surface area contributed by atoms with E-state index in [1.165, 1.54) is 23.7 Å². The number of piperidine rings is 1. The van der Waals surface area contributed by atoms with E-state index in [1.807, 2.05) is 26.8 Å². The van der Waals surface area contributed by atoms with E-state index in [9.17, 15) is 9.59 Å². The Balaban J connectivity index is 1.75. The minimum absolute atomic E-state index is 0.0341. The molecule has 3 rings (SSSR count). The number of amides is 1. The molecule has 0 aliphatic carbocycles. The van der Waals surface area contributed by atoms with Crippen molar-refractivity contribution in [3.8, 4) is 5.88 Å². The summed E-state index contributed by atoms with van der Waals surface area (Å²) in [5.74, 6) is -0.331. The van der Waals surface area contributed by atoms with E-state index in [-0.39, 0.29) is 17.5 Å². The molecule has 3 heterocycles. The molecule has 158 valence electrons. The third-order valence-electron chi connectivity index (χ3n) is 5.44. The molecule has 29 heavy (non-hydrogen) atoms. The van der Waals surface area contributed by atoms with Crippen LogP contribution >= 0.6 is 0 Å². The third-order valence-corrected chi connectivity index (χ3v) is 5.44. The number of hydrogen-bond acceptors (Lipinski definition) is 5. The molecular formula is C22H32N4O3. The van der Waals surface area contributed by atoms with Gasteiger partial charge in [-0.15, -0.1) is 0 Å². The molecule has 0 radical (unpaired) electrons. The standard InChI is InChI=1S/C22H32N4O3/c1-15(2)29-21-18(22(28)26-14-7-9-16(3)19(26)24-21)20(27)23-11-8-13-25-12-6-5-10-17(25)4/h7,9,14-15,17H,5-6,8,10-13H2,1-4H3,(H,23,27). The molecule has 1 unspecified atom stereocenters. The van der Waals surface area contributed by atoms with E-state index in [0.29, 0.717) is 18.2 Å². The number of nitrogens with one attached hydrogen (secondary N) is 1. The summed E-state index contributed by atoms with van der Waals surface area (Å²) in [4.78, 5) is 32.8. The normalized spacial score (nSPS) is 17.6. The first kappa shape index (κ1) is 21.3. The van der Waals surface area contributed by atoms with Gasteiger partial charge in [-0.3, -0.25) is 14.0 Å². The number of carbonyl (C=O) groups excluding carboxylic acids is 1. The van der Waals surface area contributed by atoms with Crippen molar-refractivity contribution in [1.82, 2.24) is 19.6 Å². The van der Waals surface area contributed by atoms with Crippen molar-refractivity contribution in [3.05, 3.63) is 39.8 Å². The molecule has 1 aliphatic heterocycles. The molecule has 1 fully saturated rings. The van der Waals surface area contributed by atoms with Crippen molar-refractivity contribution in [2.75, 3.05) is 19.6 Å². The molecule has 1 N–H and O–H groups in total. The predicted molar refractivity (Wildman–Crippen MR) is 114 cm³/mol. The number of aryl methyl sites for hydroxylation is 1. The number of ether oxygens (including phenoxy) is 1. The van der Waals surface area contributed by atoms with Gasteiger partial charge in [-0.2, -0.15) is 4.98 Å². The monoisotopic (exact) mass is 400 g/mol. The summed E-state index contributed by atoms with van der Waals surface area (Å²) in [6.45, 7) is 10.4. The van der Waals surface area contributed by atoms with E-state index >= 15 is 0 Å². The topological polar surface area (TPSA) is 75.9 Å². The van der Waals surface area contributed by atoms with Crippen LogP contribution in [0.4, 0.5) is 0 Å². The predicted octanol–water partition coefficient (Wildman–Crippen LogP) is 2.78. The van der Waals surface area contributed by atoms with Gasteiger partial charge in [0.25, 0.3) is 11.5 Å². The van der Waals surface area contributed by atoms with Crippen LogP contribution in [0, 0.1) is 6.92 Å². The Morgan fingerprint density at radius 2 is 2.17 bits per heavy atom. The minimum Gasteiger partial charge on any atom is -0.474 e. The van der Waals surface area contributed by atoms with Gasteiger partial charge in [0, 0.05) is 25.3 Å². The molecular weight excluding hydrogens is 368 g/mol. The fourth-order valence-corrected chi connectivity index (χ4v) is 3.84. The molecule has 7 heteroatoms. The average molecular weight is 401 g/mol. The second-order valence-corrected chi connectivity index (χ2v) is 8.14. The highest BCUT2D eigenvalue weighted by molar-refractivity contribution is 5.96. The van der Waals surface area contributed by atoms with Crippen LogP contribution in [0.25, 0.3) is 5.65 Å². The summed E-state index contributed by atoms with van der Waals surface area (Å²) in [5.41, 5.74) is 0.911.